The molecule has 1 amide bonds. The third-order valence-electron chi connectivity index (χ3n) is 9.27. The number of H-pyrrole nitrogens is 1. The summed E-state index contributed by atoms with van der Waals surface area (Å²) in [6, 6.07) is 23.1. The highest BCUT2D eigenvalue weighted by molar-refractivity contribution is 7.89. The normalized spacial score (nSPS) is 18.8. The summed E-state index contributed by atoms with van der Waals surface area (Å²) in [5.74, 6) is -0.567. The van der Waals surface area contributed by atoms with Gasteiger partial charge in [0, 0.05) is 37.1 Å². The van der Waals surface area contributed by atoms with Gasteiger partial charge in [-0.25, -0.2) is 13.2 Å². The van der Waals surface area contributed by atoms with E-state index in [1.54, 1.807) is 41.3 Å². The maximum Gasteiger partial charge on any atom is 0.410 e. The molecule has 6 rings (SSSR count). The fraction of sp³-hybridized carbons (Fsp3) is 0.410. The van der Waals surface area contributed by atoms with Gasteiger partial charge in [0.1, 0.15) is 24.1 Å². The number of nitrogens with one attached hydrogen (secondary N) is 1. The molecule has 0 saturated carbocycles. The fourth-order valence-corrected chi connectivity index (χ4v) is 8.31. The van der Waals surface area contributed by atoms with E-state index in [0.29, 0.717) is 62.2 Å². The smallest absolute Gasteiger partial charge is 0.410 e. The Balaban J connectivity index is 1.17. The number of aromatic amines is 1. The maximum atomic E-state index is 13.9. The Labute approximate surface area is 299 Å². The quantitative estimate of drug-likeness (QED) is 0.185. The number of aromatic nitrogens is 1. The Bertz CT molecular complexity index is 2030. The van der Waals surface area contributed by atoms with E-state index >= 15 is 0 Å². The summed E-state index contributed by atoms with van der Waals surface area (Å²) >= 11 is 0. The summed E-state index contributed by atoms with van der Waals surface area (Å²) in [5.41, 5.74) is 3.21. The second kappa shape index (κ2) is 14.8. The largest absolute Gasteiger partial charge is 0.489 e. The highest BCUT2D eigenvalue weighted by Gasteiger charge is 2.37. The molecule has 4 aromatic rings. The molecule has 3 heterocycles. The van der Waals surface area contributed by atoms with Crippen molar-refractivity contribution in [1.29, 1.82) is 5.26 Å². The van der Waals surface area contributed by atoms with E-state index in [2.05, 4.69) is 11.1 Å². The second-order valence-corrected chi connectivity index (χ2v) is 16.2. The van der Waals surface area contributed by atoms with E-state index in [-0.39, 0.29) is 23.7 Å². The lowest BCUT2D eigenvalue weighted by Gasteiger charge is -2.25. The Kier molecular flexibility index (Phi) is 10.4. The number of rotatable bonds is 10. The average Bonchev–Trinajstić information content (AvgIpc) is 3.86. The van der Waals surface area contributed by atoms with E-state index in [1.807, 2.05) is 64.1 Å². The highest BCUT2D eigenvalue weighted by atomic mass is 32.2. The lowest BCUT2D eigenvalue weighted by Crippen LogP contribution is -2.39. The highest BCUT2D eigenvalue weighted by Crippen LogP contribution is 2.30. The van der Waals surface area contributed by atoms with Crippen LogP contribution in [0.5, 0.6) is 5.75 Å². The Hall–Kier alpha value is -4.86. The number of nitriles is 1. The van der Waals surface area contributed by atoms with Crippen LogP contribution in [0.3, 0.4) is 0 Å². The molecule has 2 aliphatic heterocycles. The van der Waals surface area contributed by atoms with Crippen LogP contribution in [-0.4, -0.2) is 78.7 Å². The predicted octanol–water partition coefficient (Wildman–Crippen LogP) is 6.46. The molecular formula is C39H44N4O7S. The Morgan fingerprint density at radius 2 is 1.75 bits per heavy atom. The summed E-state index contributed by atoms with van der Waals surface area (Å²) < 4.78 is 46.1. The summed E-state index contributed by atoms with van der Waals surface area (Å²) in [7, 11) is -3.75. The molecule has 0 radical (unpaired) electrons. The lowest BCUT2D eigenvalue weighted by molar-refractivity contribution is -0.146. The zero-order valence-corrected chi connectivity index (χ0v) is 30.2. The van der Waals surface area contributed by atoms with Gasteiger partial charge in [0.25, 0.3) is 0 Å². The lowest BCUT2D eigenvalue weighted by atomic mass is 9.94. The molecule has 2 aliphatic rings. The molecular weight excluding hydrogens is 669 g/mol. The average molecular weight is 713 g/mol. The minimum Gasteiger partial charge on any atom is -0.489 e. The van der Waals surface area contributed by atoms with E-state index < -0.39 is 33.6 Å². The van der Waals surface area contributed by atoms with Crippen molar-refractivity contribution in [2.75, 3.05) is 26.2 Å². The number of benzene rings is 3. The van der Waals surface area contributed by atoms with Gasteiger partial charge in [-0.05, 0) is 94.0 Å². The van der Waals surface area contributed by atoms with Gasteiger partial charge in [-0.1, -0.05) is 35.9 Å². The first-order valence-corrected chi connectivity index (χ1v) is 18.7. The van der Waals surface area contributed by atoms with Crippen molar-refractivity contribution in [3.63, 3.8) is 0 Å². The van der Waals surface area contributed by atoms with Gasteiger partial charge < -0.3 is 24.1 Å². The second-order valence-electron chi connectivity index (χ2n) is 14.3. The molecule has 3 atom stereocenters. The van der Waals surface area contributed by atoms with Crippen LogP contribution in [0.15, 0.2) is 77.7 Å². The van der Waals surface area contributed by atoms with Crippen molar-refractivity contribution < 1.29 is 32.2 Å². The number of likely N-dealkylation sites (tertiary alicyclic amines) is 1. The number of esters is 1. The van der Waals surface area contributed by atoms with Crippen LogP contribution in [0.1, 0.15) is 68.3 Å². The summed E-state index contributed by atoms with van der Waals surface area (Å²) in [6.07, 6.45) is 1.67. The molecule has 1 aromatic heterocycles. The van der Waals surface area contributed by atoms with E-state index in [9.17, 15) is 23.3 Å². The first-order valence-electron chi connectivity index (χ1n) is 17.3. The fourth-order valence-electron chi connectivity index (χ4n) is 6.63. The number of hydrogen-bond donors (Lipinski definition) is 1. The Morgan fingerprint density at radius 1 is 1.00 bits per heavy atom. The standard InChI is InChI=1S/C39H44N4O7S/c1-26-7-15-34(16-8-26)51(46,47)43-18-5-6-31(43)25-48-37(44)35(22-30-21-29-10-9-27(23-40)20-36(29)41-30)28-11-13-32(14-12-28)49-33-17-19-42(24-33)38(45)50-39(2,3)4/h7-16,20-21,31,33,35,41H,5-6,17-19,22,24-25H2,1-4H3/t31-,33-,35?/m0/s1. The number of fused-ring (bicyclic) bond motifs is 1. The van der Waals surface area contributed by atoms with Gasteiger partial charge in [0.2, 0.25) is 10.0 Å². The van der Waals surface area contributed by atoms with Crippen molar-refractivity contribution >= 4 is 33.0 Å². The van der Waals surface area contributed by atoms with Crippen LogP contribution in [0.4, 0.5) is 4.79 Å². The van der Waals surface area contributed by atoms with Crippen LogP contribution in [0, 0.1) is 18.3 Å². The Morgan fingerprint density at radius 3 is 2.45 bits per heavy atom. The molecule has 1 unspecified atom stereocenters. The van der Waals surface area contributed by atoms with Crippen LogP contribution in [0.25, 0.3) is 10.9 Å². The zero-order valence-electron chi connectivity index (χ0n) is 29.4. The van der Waals surface area contributed by atoms with Gasteiger partial charge >= 0.3 is 12.1 Å². The van der Waals surface area contributed by atoms with Crippen LogP contribution >= 0.6 is 0 Å². The molecule has 51 heavy (non-hydrogen) atoms. The predicted molar refractivity (Wildman–Crippen MR) is 192 cm³/mol. The molecule has 1 N–H and O–H groups in total. The van der Waals surface area contributed by atoms with E-state index in [0.717, 1.165) is 22.2 Å². The van der Waals surface area contributed by atoms with Gasteiger partial charge in [-0.3, -0.25) is 4.79 Å². The molecule has 2 fully saturated rings. The number of nitrogens with zero attached hydrogens (tertiary/aromatic N) is 3. The molecule has 0 bridgehead atoms. The minimum atomic E-state index is -3.75. The van der Waals surface area contributed by atoms with Crippen molar-refractivity contribution in [1.82, 2.24) is 14.2 Å². The first kappa shape index (κ1) is 35.9. The monoisotopic (exact) mass is 712 g/mol. The molecule has 0 aliphatic carbocycles. The van der Waals surface area contributed by atoms with Crippen molar-refractivity contribution in [3.05, 3.63) is 95.2 Å². The molecule has 2 saturated heterocycles. The van der Waals surface area contributed by atoms with Crippen LogP contribution in [0.2, 0.25) is 0 Å². The van der Waals surface area contributed by atoms with Gasteiger partial charge in [-0.15, -0.1) is 0 Å². The van der Waals surface area contributed by atoms with Crippen LogP contribution < -0.4 is 4.74 Å². The number of hydrogen-bond acceptors (Lipinski definition) is 8. The van der Waals surface area contributed by atoms with Crippen molar-refractivity contribution in [2.45, 2.75) is 81.9 Å². The van der Waals surface area contributed by atoms with Gasteiger partial charge in [0.05, 0.1) is 35.0 Å². The molecule has 12 heteroatoms. The van der Waals surface area contributed by atoms with Crippen molar-refractivity contribution in [3.8, 4) is 11.8 Å². The van der Waals surface area contributed by atoms with Crippen molar-refractivity contribution in [2.24, 2.45) is 0 Å². The van der Waals surface area contributed by atoms with Crippen LogP contribution in [-0.2, 0) is 30.7 Å². The third kappa shape index (κ3) is 8.55. The molecule has 0 spiro atoms. The maximum absolute atomic E-state index is 13.9. The number of aryl methyl sites for hydroxylation is 1. The molecule has 268 valence electrons. The third-order valence-corrected chi connectivity index (χ3v) is 11.2. The minimum absolute atomic E-state index is 0.0598. The first-order chi connectivity index (χ1) is 24.3. The topological polar surface area (TPSA) is 142 Å². The zero-order chi connectivity index (χ0) is 36.3. The van der Waals surface area contributed by atoms with Gasteiger partial charge in [0.15, 0.2) is 0 Å². The molecule has 3 aromatic carbocycles. The number of carbonyl (C=O) groups excluding carboxylic acids is 2. The SMILES string of the molecule is Cc1ccc(S(=O)(=O)N2CCC[C@H]2COC(=O)C(Cc2cc3ccc(C#N)cc3[nH]2)c2ccc(O[C@H]3CCN(C(=O)OC(C)(C)C)C3)cc2)cc1. The summed E-state index contributed by atoms with van der Waals surface area (Å²) in [6.45, 7) is 8.67. The summed E-state index contributed by atoms with van der Waals surface area (Å²) in [4.78, 5) is 31.6. The number of amides is 1. The number of sulfonamides is 1. The van der Waals surface area contributed by atoms with Gasteiger partial charge in [-0.2, -0.15) is 9.57 Å². The molecule has 11 nitrogen and oxygen atoms in total. The van der Waals surface area contributed by atoms with E-state index in [1.165, 1.54) is 4.31 Å². The van der Waals surface area contributed by atoms with E-state index in [4.69, 9.17) is 14.2 Å². The number of ether oxygens (including phenoxy) is 3. The number of carbonyl (C=O) groups is 2. The summed E-state index contributed by atoms with van der Waals surface area (Å²) in [5, 5.41) is 10.3.